The van der Waals surface area contributed by atoms with Gasteiger partial charge in [0.2, 0.25) is 10.0 Å². The molecule has 0 N–H and O–H groups in total. The molecule has 2 aromatic rings. The maximum absolute atomic E-state index is 13.4. The normalized spacial score (nSPS) is 19.9. The number of ether oxygens (including phenoxy) is 3. The Morgan fingerprint density at radius 3 is 2.57 bits per heavy atom. The van der Waals surface area contributed by atoms with Crippen molar-refractivity contribution in [1.29, 1.82) is 0 Å². The largest absolute Gasteiger partial charge is 0.492 e. The van der Waals surface area contributed by atoms with Crippen molar-refractivity contribution in [3.63, 3.8) is 0 Å². The van der Waals surface area contributed by atoms with Crippen molar-refractivity contribution in [1.82, 2.24) is 9.29 Å². The number of aromatic nitrogens is 1. The first-order valence-electron chi connectivity index (χ1n) is 9.41. The van der Waals surface area contributed by atoms with Gasteiger partial charge in [0.05, 0.1) is 30.5 Å². The number of hydrogen-bond acceptors (Lipinski definition) is 7. The maximum Gasteiger partial charge on any atom is 0.246 e. The number of piperidine rings is 1. The fourth-order valence-corrected chi connectivity index (χ4v) is 5.85. The van der Waals surface area contributed by atoms with Gasteiger partial charge in [-0.2, -0.15) is 4.31 Å². The highest BCUT2D eigenvalue weighted by atomic mass is 32.2. The van der Waals surface area contributed by atoms with Crippen LogP contribution in [0.4, 0.5) is 0 Å². The van der Waals surface area contributed by atoms with E-state index in [-0.39, 0.29) is 4.90 Å². The summed E-state index contributed by atoms with van der Waals surface area (Å²) in [6.07, 6.45) is 1.06. The molecule has 2 aliphatic rings. The molecule has 0 bridgehead atoms. The summed E-state index contributed by atoms with van der Waals surface area (Å²) in [5, 5.41) is 2.87. The van der Waals surface area contributed by atoms with Gasteiger partial charge in [0.25, 0.3) is 0 Å². The molecule has 0 radical (unpaired) electrons. The van der Waals surface area contributed by atoms with Gasteiger partial charge in [0, 0.05) is 36.9 Å². The molecule has 9 heteroatoms. The lowest BCUT2D eigenvalue weighted by atomic mass is 10.1. The molecular weight excluding hydrogens is 400 g/mol. The summed E-state index contributed by atoms with van der Waals surface area (Å²) >= 11 is 1.54. The van der Waals surface area contributed by atoms with Gasteiger partial charge in [-0.3, -0.25) is 0 Å². The molecule has 3 heterocycles. The van der Waals surface area contributed by atoms with Crippen LogP contribution in [0.5, 0.6) is 5.75 Å². The van der Waals surface area contributed by atoms with E-state index in [1.807, 2.05) is 25.3 Å². The van der Waals surface area contributed by atoms with Crippen LogP contribution in [-0.4, -0.2) is 56.4 Å². The van der Waals surface area contributed by atoms with Crippen molar-refractivity contribution in [2.24, 2.45) is 0 Å². The summed E-state index contributed by atoms with van der Waals surface area (Å²) < 4.78 is 45.4. The Morgan fingerprint density at radius 2 is 1.96 bits per heavy atom. The van der Waals surface area contributed by atoms with Crippen LogP contribution in [0.25, 0.3) is 11.3 Å². The molecule has 4 rings (SSSR count). The zero-order valence-electron chi connectivity index (χ0n) is 16.0. The summed E-state index contributed by atoms with van der Waals surface area (Å²) in [5.41, 5.74) is 1.54. The van der Waals surface area contributed by atoms with Crippen LogP contribution < -0.4 is 4.74 Å². The second-order valence-electron chi connectivity index (χ2n) is 6.86. The first-order valence-corrected chi connectivity index (χ1v) is 11.7. The Balaban J connectivity index is 1.65. The third-order valence-corrected chi connectivity index (χ3v) is 7.77. The summed E-state index contributed by atoms with van der Waals surface area (Å²) in [5.74, 6) is -0.249. The summed E-state index contributed by atoms with van der Waals surface area (Å²) in [4.78, 5) is 4.66. The van der Waals surface area contributed by atoms with Gasteiger partial charge < -0.3 is 14.2 Å². The van der Waals surface area contributed by atoms with E-state index in [2.05, 4.69) is 4.98 Å². The lowest BCUT2D eigenvalue weighted by Crippen LogP contribution is -2.47. The number of sulfonamides is 1. The topological polar surface area (TPSA) is 78.0 Å². The van der Waals surface area contributed by atoms with Crippen LogP contribution in [0.3, 0.4) is 0 Å². The average molecular weight is 425 g/mol. The van der Waals surface area contributed by atoms with Crippen LogP contribution in [0, 0.1) is 6.92 Å². The SMILES string of the molecule is CCOc1ccc(-c2csc(C)n2)cc1S(=O)(=O)N1CCC2(CC1)OCCO2. The van der Waals surface area contributed by atoms with E-state index < -0.39 is 15.8 Å². The van der Waals surface area contributed by atoms with E-state index in [9.17, 15) is 8.42 Å². The molecule has 0 atom stereocenters. The molecule has 1 aromatic heterocycles. The van der Waals surface area contributed by atoms with Gasteiger partial charge >= 0.3 is 0 Å². The molecule has 2 saturated heterocycles. The molecular formula is C19H24N2O5S2. The molecule has 2 fully saturated rings. The first-order chi connectivity index (χ1) is 13.4. The Labute approximate surface area is 169 Å². The smallest absolute Gasteiger partial charge is 0.246 e. The maximum atomic E-state index is 13.4. The molecule has 0 saturated carbocycles. The lowest BCUT2D eigenvalue weighted by molar-refractivity contribution is -0.179. The Bertz CT molecular complexity index is 941. The summed E-state index contributed by atoms with van der Waals surface area (Å²) in [6, 6.07) is 5.24. The highest BCUT2D eigenvalue weighted by molar-refractivity contribution is 7.89. The van der Waals surface area contributed by atoms with Crippen LogP contribution in [0.1, 0.15) is 24.8 Å². The fraction of sp³-hybridized carbons (Fsp3) is 0.526. The Hall–Kier alpha value is -1.52. The third kappa shape index (κ3) is 3.69. The summed E-state index contributed by atoms with van der Waals surface area (Å²) in [7, 11) is -3.71. The van der Waals surface area contributed by atoms with Gasteiger partial charge in [-0.25, -0.2) is 13.4 Å². The number of aryl methyl sites for hydroxylation is 1. The molecule has 7 nitrogen and oxygen atoms in total. The standard InChI is InChI=1S/C19H24N2O5S2/c1-3-24-17-5-4-15(16-13-27-14(2)20-16)12-18(17)28(22,23)21-8-6-19(7-9-21)25-10-11-26-19/h4-5,12-13H,3,6-11H2,1-2H3. The van der Waals surface area contributed by atoms with E-state index in [1.165, 1.54) is 15.6 Å². The lowest BCUT2D eigenvalue weighted by Gasteiger charge is -2.37. The number of nitrogens with zero attached hydrogens (tertiary/aromatic N) is 2. The minimum atomic E-state index is -3.71. The number of hydrogen-bond donors (Lipinski definition) is 0. The zero-order valence-corrected chi connectivity index (χ0v) is 17.6. The Morgan fingerprint density at radius 1 is 1.25 bits per heavy atom. The molecule has 0 amide bonds. The van der Waals surface area contributed by atoms with Crippen molar-refractivity contribution in [2.75, 3.05) is 32.9 Å². The molecule has 28 heavy (non-hydrogen) atoms. The predicted molar refractivity (Wildman–Crippen MR) is 106 cm³/mol. The summed E-state index contributed by atoms with van der Waals surface area (Å²) in [6.45, 7) is 6.00. The molecule has 152 valence electrons. The predicted octanol–water partition coefficient (Wildman–Crippen LogP) is 3.04. The molecule has 1 spiro atoms. The van der Waals surface area contributed by atoms with Crippen LogP contribution >= 0.6 is 11.3 Å². The molecule has 2 aliphatic heterocycles. The minimum Gasteiger partial charge on any atom is -0.492 e. The minimum absolute atomic E-state index is 0.182. The highest BCUT2D eigenvalue weighted by Gasteiger charge is 2.43. The van der Waals surface area contributed by atoms with Crippen molar-refractivity contribution >= 4 is 21.4 Å². The molecule has 0 unspecified atom stereocenters. The van der Waals surface area contributed by atoms with Gasteiger partial charge in [0.15, 0.2) is 5.79 Å². The second kappa shape index (κ2) is 7.72. The van der Waals surface area contributed by atoms with Crippen molar-refractivity contribution in [3.8, 4) is 17.0 Å². The highest BCUT2D eigenvalue weighted by Crippen LogP contribution is 2.37. The Kier molecular flexibility index (Phi) is 5.45. The van der Waals surface area contributed by atoms with Gasteiger partial charge in [-0.15, -0.1) is 11.3 Å². The van der Waals surface area contributed by atoms with E-state index in [1.54, 1.807) is 12.1 Å². The van der Waals surface area contributed by atoms with Crippen molar-refractivity contribution in [3.05, 3.63) is 28.6 Å². The van der Waals surface area contributed by atoms with Crippen LogP contribution in [0.2, 0.25) is 0 Å². The third-order valence-electron chi connectivity index (χ3n) is 5.07. The van der Waals surface area contributed by atoms with E-state index in [0.29, 0.717) is 51.5 Å². The van der Waals surface area contributed by atoms with Crippen LogP contribution in [0.15, 0.2) is 28.5 Å². The number of thiazole rings is 1. The second-order valence-corrected chi connectivity index (χ2v) is 9.83. The molecule has 0 aliphatic carbocycles. The van der Waals surface area contributed by atoms with Crippen LogP contribution in [-0.2, 0) is 19.5 Å². The van der Waals surface area contributed by atoms with E-state index >= 15 is 0 Å². The zero-order chi connectivity index (χ0) is 19.8. The average Bonchev–Trinajstić information content (AvgIpc) is 3.32. The van der Waals surface area contributed by atoms with Crippen molar-refractivity contribution in [2.45, 2.75) is 37.4 Å². The van der Waals surface area contributed by atoms with E-state index in [0.717, 1.165) is 16.3 Å². The van der Waals surface area contributed by atoms with Gasteiger partial charge in [-0.1, -0.05) is 0 Å². The van der Waals surface area contributed by atoms with Gasteiger partial charge in [-0.05, 0) is 32.0 Å². The van der Waals surface area contributed by atoms with Crippen molar-refractivity contribution < 1.29 is 22.6 Å². The first kappa shape index (κ1) is 19.8. The van der Waals surface area contributed by atoms with Gasteiger partial charge in [0.1, 0.15) is 10.6 Å². The quantitative estimate of drug-likeness (QED) is 0.734. The monoisotopic (exact) mass is 424 g/mol. The number of benzene rings is 1. The fourth-order valence-electron chi connectivity index (χ4n) is 3.63. The van der Waals surface area contributed by atoms with E-state index in [4.69, 9.17) is 14.2 Å². The molecule has 1 aromatic carbocycles. The number of rotatable bonds is 5.